The quantitative estimate of drug-likeness (QED) is 0.576. The minimum atomic E-state index is 0.846. The molecule has 2 aliphatic rings. The molecule has 15 heavy (non-hydrogen) atoms. The Morgan fingerprint density at radius 3 is 2.33 bits per heavy atom. The van der Waals surface area contributed by atoms with E-state index in [1.165, 1.54) is 19.3 Å². The van der Waals surface area contributed by atoms with Crippen molar-refractivity contribution in [1.29, 1.82) is 0 Å². The lowest BCUT2D eigenvalue weighted by Crippen LogP contribution is -2.30. The molecule has 86 valence electrons. The van der Waals surface area contributed by atoms with Gasteiger partial charge in [0.05, 0.1) is 0 Å². The maximum atomic E-state index is 2.44. The predicted octanol–water partition coefficient (Wildman–Crippen LogP) is 4.83. The highest BCUT2D eigenvalue weighted by Gasteiger charge is 2.32. The second kappa shape index (κ2) is 6.15. The molecule has 0 N–H and O–H groups in total. The standard InChI is InChI=1S/C13H20.C2H6/c1-10(2)12-9-5-7-11-6-3-4-8-13(11)12;1-2/h3-4,6,8,10-13H,5,7,9H2,1-2H3;1-2H3. The van der Waals surface area contributed by atoms with Gasteiger partial charge in [0.25, 0.3) is 0 Å². The number of hydrogen-bond acceptors (Lipinski definition) is 0. The van der Waals surface area contributed by atoms with Crippen LogP contribution in [0.2, 0.25) is 0 Å². The van der Waals surface area contributed by atoms with E-state index in [0.29, 0.717) is 0 Å². The fourth-order valence-corrected chi connectivity index (χ4v) is 2.98. The molecule has 1 fully saturated rings. The smallest absolute Gasteiger partial charge is 0.0136 e. The van der Waals surface area contributed by atoms with Gasteiger partial charge < -0.3 is 0 Å². The summed E-state index contributed by atoms with van der Waals surface area (Å²) in [5.74, 6) is 3.48. The van der Waals surface area contributed by atoms with E-state index >= 15 is 0 Å². The molecule has 0 amide bonds. The van der Waals surface area contributed by atoms with Gasteiger partial charge in [-0.15, -0.1) is 0 Å². The van der Waals surface area contributed by atoms with Gasteiger partial charge >= 0.3 is 0 Å². The molecule has 2 aliphatic carbocycles. The Bertz CT molecular complexity index is 222. The van der Waals surface area contributed by atoms with Gasteiger partial charge in [0.1, 0.15) is 0 Å². The van der Waals surface area contributed by atoms with E-state index in [2.05, 4.69) is 38.2 Å². The van der Waals surface area contributed by atoms with Crippen LogP contribution in [0, 0.1) is 23.7 Å². The fourth-order valence-electron chi connectivity index (χ4n) is 2.98. The normalized spacial score (nSPS) is 33.3. The van der Waals surface area contributed by atoms with Crippen molar-refractivity contribution in [2.24, 2.45) is 23.7 Å². The predicted molar refractivity (Wildman–Crippen MR) is 68.8 cm³/mol. The molecule has 3 atom stereocenters. The molecule has 0 radical (unpaired) electrons. The van der Waals surface area contributed by atoms with Crippen molar-refractivity contribution in [3.63, 3.8) is 0 Å². The first-order chi connectivity index (χ1) is 7.29. The SMILES string of the molecule is CC.CC(C)C1CCCC2C=CC=CC21. The van der Waals surface area contributed by atoms with Crippen molar-refractivity contribution in [2.45, 2.75) is 47.0 Å². The van der Waals surface area contributed by atoms with Gasteiger partial charge in [-0.25, -0.2) is 0 Å². The number of hydrogen-bond donors (Lipinski definition) is 0. The van der Waals surface area contributed by atoms with Crippen LogP contribution in [0.15, 0.2) is 24.3 Å². The summed E-state index contributed by atoms with van der Waals surface area (Å²) in [4.78, 5) is 0. The molecule has 0 aromatic carbocycles. The van der Waals surface area contributed by atoms with Crippen LogP contribution >= 0.6 is 0 Å². The highest BCUT2D eigenvalue weighted by atomic mass is 14.4. The van der Waals surface area contributed by atoms with Crippen molar-refractivity contribution < 1.29 is 0 Å². The lowest BCUT2D eigenvalue weighted by Gasteiger charge is -2.38. The van der Waals surface area contributed by atoms with Crippen LogP contribution in [0.1, 0.15) is 47.0 Å². The van der Waals surface area contributed by atoms with Crippen LogP contribution in [0.3, 0.4) is 0 Å². The second-order valence-electron chi connectivity index (χ2n) is 4.85. The summed E-state index contributed by atoms with van der Waals surface area (Å²) in [6, 6.07) is 0. The van der Waals surface area contributed by atoms with Crippen LogP contribution < -0.4 is 0 Å². The third-order valence-corrected chi connectivity index (χ3v) is 3.72. The van der Waals surface area contributed by atoms with Gasteiger partial charge in [-0.2, -0.15) is 0 Å². The van der Waals surface area contributed by atoms with Gasteiger partial charge in [0.15, 0.2) is 0 Å². The van der Waals surface area contributed by atoms with E-state index in [1.54, 1.807) is 0 Å². The van der Waals surface area contributed by atoms with Gasteiger partial charge in [-0.05, 0) is 36.5 Å². The third kappa shape index (κ3) is 2.96. The maximum absolute atomic E-state index is 2.44. The summed E-state index contributed by atoms with van der Waals surface area (Å²) in [5.41, 5.74) is 0. The molecule has 0 spiro atoms. The molecular formula is C15H26. The average Bonchev–Trinajstić information content (AvgIpc) is 2.31. The minimum Gasteiger partial charge on any atom is -0.0808 e. The van der Waals surface area contributed by atoms with E-state index in [9.17, 15) is 0 Å². The molecule has 0 aromatic heterocycles. The lowest BCUT2D eigenvalue weighted by molar-refractivity contribution is 0.176. The van der Waals surface area contributed by atoms with Crippen LogP contribution in [-0.2, 0) is 0 Å². The third-order valence-electron chi connectivity index (χ3n) is 3.72. The average molecular weight is 206 g/mol. The Morgan fingerprint density at radius 2 is 1.67 bits per heavy atom. The van der Waals surface area contributed by atoms with Crippen molar-refractivity contribution >= 4 is 0 Å². The van der Waals surface area contributed by atoms with Crippen molar-refractivity contribution in [1.82, 2.24) is 0 Å². The summed E-state index contributed by atoms with van der Waals surface area (Å²) < 4.78 is 0. The maximum Gasteiger partial charge on any atom is -0.0136 e. The zero-order valence-corrected chi connectivity index (χ0v) is 10.7. The van der Waals surface area contributed by atoms with Crippen LogP contribution in [-0.4, -0.2) is 0 Å². The molecule has 0 saturated heterocycles. The fraction of sp³-hybridized carbons (Fsp3) is 0.733. The van der Waals surface area contributed by atoms with Crippen LogP contribution in [0.5, 0.6) is 0 Å². The van der Waals surface area contributed by atoms with E-state index in [1.807, 2.05) is 13.8 Å². The molecular weight excluding hydrogens is 180 g/mol. The zero-order chi connectivity index (χ0) is 11.3. The monoisotopic (exact) mass is 206 g/mol. The Morgan fingerprint density at radius 1 is 1.00 bits per heavy atom. The molecule has 0 heterocycles. The minimum absolute atomic E-state index is 0.846. The van der Waals surface area contributed by atoms with Crippen molar-refractivity contribution in [3.8, 4) is 0 Å². The highest BCUT2D eigenvalue weighted by Crippen LogP contribution is 2.41. The first-order valence-corrected chi connectivity index (χ1v) is 6.64. The Balaban J connectivity index is 0.000000531. The highest BCUT2D eigenvalue weighted by molar-refractivity contribution is 5.16. The van der Waals surface area contributed by atoms with Crippen LogP contribution in [0.25, 0.3) is 0 Å². The summed E-state index contributed by atoms with van der Waals surface area (Å²) in [6.45, 7) is 8.75. The van der Waals surface area contributed by atoms with Gasteiger partial charge in [-0.1, -0.05) is 58.4 Å². The topological polar surface area (TPSA) is 0 Å². The molecule has 0 bridgehead atoms. The summed E-state index contributed by atoms with van der Waals surface area (Å²) in [5, 5.41) is 0. The second-order valence-corrected chi connectivity index (χ2v) is 4.85. The molecule has 2 rings (SSSR count). The van der Waals surface area contributed by atoms with Gasteiger partial charge in [0, 0.05) is 0 Å². The molecule has 0 aliphatic heterocycles. The molecule has 1 saturated carbocycles. The first kappa shape index (κ1) is 12.5. The van der Waals surface area contributed by atoms with Crippen molar-refractivity contribution in [2.75, 3.05) is 0 Å². The Kier molecular flexibility index (Phi) is 5.14. The van der Waals surface area contributed by atoms with E-state index in [4.69, 9.17) is 0 Å². The van der Waals surface area contributed by atoms with Gasteiger partial charge in [0.2, 0.25) is 0 Å². The zero-order valence-electron chi connectivity index (χ0n) is 10.7. The summed E-state index contributed by atoms with van der Waals surface area (Å²) >= 11 is 0. The lowest BCUT2D eigenvalue weighted by atomic mass is 9.67. The number of allylic oxidation sites excluding steroid dienone is 4. The van der Waals surface area contributed by atoms with Crippen LogP contribution in [0.4, 0.5) is 0 Å². The summed E-state index contributed by atoms with van der Waals surface area (Å²) in [7, 11) is 0. The largest absolute Gasteiger partial charge is 0.0808 e. The summed E-state index contributed by atoms with van der Waals surface area (Å²) in [6.07, 6.45) is 13.6. The number of rotatable bonds is 1. The first-order valence-electron chi connectivity index (χ1n) is 6.64. The van der Waals surface area contributed by atoms with Gasteiger partial charge in [-0.3, -0.25) is 0 Å². The molecule has 0 nitrogen and oxygen atoms in total. The van der Waals surface area contributed by atoms with Crippen molar-refractivity contribution in [3.05, 3.63) is 24.3 Å². The van der Waals surface area contributed by atoms with E-state index < -0.39 is 0 Å². The van der Waals surface area contributed by atoms with E-state index in [0.717, 1.165) is 23.7 Å². The molecule has 0 aromatic rings. The molecule has 3 unspecified atom stereocenters. The number of fused-ring (bicyclic) bond motifs is 1. The Hall–Kier alpha value is -0.520. The molecule has 0 heteroatoms. The Labute approximate surface area is 95.5 Å². The van der Waals surface area contributed by atoms with E-state index in [-0.39, 0.29) is 0 Å².